The van der Waals surface area contributed by atoms with Crippen LogP contribution in [0.3, 0.4) is 0 Å². The lowest BCUT2D eigenvalue weighted by atomic mass is 10.1. The first kappa shape index (κ1) is 14.9. The largest absolute Gasteiger partial charge is 0.368 e. The van der Waals surface area contributed by atoms with Gasteiger partial charge >= 0.3 is 0 Å². The zero-order chi connectivity index (χ0) is 15.5. The topological polar surface area (TPSA) is 23.6 Å². The summed E-state index contributed by atoms with van der Waals surface area (Å²) < 4.78 is 13.2. The highest BCUT2D eigenvalue weighted by Crippen LogP contribution is 2.20. The third kappa shape index (κ3) is 3.22. The summed E-state index contributed by atoms with van der Waals surface area (Å²) >= 11 is 5.89. The van der Waals surface area contributed by atoms with Crippen molar-refractivity contribution in [3.63, 3.8) is 0 Å². The van der Waals surface area contributed by atoms with Gasteiger partial charge in [0.15, 0.2) is 0 Å². The first-order valence-corrected chi connectivity index (χ1v) is 7.56. The van der Waals surface area contributed by atoms with E-state index >= 15 is 0 Å². The molecule has 1 heterocycles. The van der Waals surface area contributed by atoms with Gasteiger partial charge in [-0.2, -0.15) is 0 Å². The van der Waals surface area contributed by atoms with Crippen LogP contribution in [0.25, 0.3) is 0 Å². The van der Waals surface area contributed by atoms with Gasteiger partial charge in [0, 0.05) is 42.5 Å². The molecule has 0 aromatic heterocycles. The zero-order valence-electron chi connectivity index (χ0n) is 12.0. The summed E-state index contributed by atoms with van der Waals surface area (Å²) in [7, 11) is 0. The van der Waals surface area contributed by atoms with Gasteiger partial charge in [-0.25, -0.2) is 4.39 Å². The van der Waals surface area contributed by atoms with Gasteiger partial charge in [-0.15, -0.1) is 0 Å². The van der Waals surface area contributed by atoms with Gasteiger partial charge < -0.3 is 9.80 Å². The van der Waals surface area contributed by atoms with Gasteiger partial charge in [-0.1, -0.05) is 17.7 Å². The van der Waals surface area contributed by atoms with Crippen molar-refractivity contribution in [1.82, 2.24) is 4.90 Å². The molecule has 0 aliphatic carbocycles. The lowest BCUT2D eigenvalue weighted by Crippen LogP contribution is -2.48. The number of hydrogen-bond acceptors (Lipinski definition) is 2. The van der Waals surface area contributed by atoms with Gasteiger partial charge in [0.05, 0.1) is 0 Å². The van der Waals surface area contributed by atoms with Crippen LogP contribution in [0.15, 0.2) is 48.5 Å². The molecule has 1 fully saturated rings. The van der Waals surface area contributed by atoms with E-state index in [1.54, 1.807) is 17.0 Å². The summed E-state index contributed by atoms with van der Waals surface area (Å²) in [5, 5.41) is 0.712. The summed E-state index contributed by atoms with van der Waals surface area (Å²) in [5.41, 5.74) is 1.50. The van der Waals surface area contributed by atoms with Crippen LogP contribution in [-0.4, -0.2) is 37.0 Å². The number of carbonyl (C=O) groups is 1. The third-order valence-electron chi connectivity index (χ3n) is 3.83. The average molecular weight is 319 g/mol. The summed E-state index contributed by atoms with van der Waals surface area (Å²) in [5.74, 6) is -0.499. The Balaban J connectivity index is 1.64. The first-order chi connectivity index (χ1) is 10.6. The van der Waals surface area contributed by atoms with Crippen molar-refractivity contribution < 1.29 is 9.18 Å². The molecule has 3 nitrogen and oxygen atoms in total. The molecular formula is C17H16ClFN2O. The number of benzene rings is 2. The maximum Gasteiger partial charge on any atom is 0.254 e. The van der Waals surface area contributed by atoms with Crippen molar-refractivity contribution in [2.24, 2.45) is 0 Å². The summed E-state index contributed by atoms with van der Waals surface area (Å²) in [4.78, 5) is 16.3. The molecule has 2 aromatic rings. The van der Waals surface area contributed by atoms with Crippen molar-refractivity contribution >= 4 is 23.2 Å². The molecular weight excluding hydrogens is 303 g/mol. The monoisotopic (exact) mass is 318 g/mol. The third-order valence-corrected chi connectivity index (χ3v) is 4.08. The molecule has 5 heteroatoms. The Labute approximate surface area is 133 Å². The van der Waals surface area contributed by atoms with Crippen molar-refractivity contribution in [3.05, 3.63) is 64.9 Å². The number of hydrogen-bond donors (Lipinski definition) is 0. The van der Waals surface area contributed by atoms with Gasteiger partial charge in [0.1, 0.15) is 5.82 Å². The van der Waals surface area contributed by atoms with Crippen molar-refractivity contribution in [1.29, 1.82) is 0 Å². The van der Waals surface area contributed by atoms with Crippen LogP contribution in [0.5, 0.6) is 0 Å². The zero-order valence-corrected chi connectivity index (χ0v) is 12.8. The predicted octanol–water partition coefficient (Wildman–Crippen LogP) is 3.44. The number of anilines is 1. The molecule has 0 N–H and O–H groups in total. The van der Waals surface area contributed by atoms with Gasteiger partial charge in [0.2, 0.25) is 0 Å². The second-order valence-corrected chi connectivity index (χ2v) is 5.70. The second kappa shape index (κ2) is 6.36. The molecule has 0 bridgehead atoms. The Morgan fingerprint density at radius 1 is 1.00 bits per heavy atom. The molecule has 0 spiro atoms. The van der Waals surface area contributed by atoms with E-state index in [0.29, 0.717) is 23.7 Å². The molecule has 2 aromatic carbocycles. The van der Waals surface area contributed by atoms with E-state index in [1.165, 1.54) is 12.1 Å². The molecule has 0 saturated carbocycles. The van der Waals surface area contributed by atoms with E-state index in [9.17, 15) is 9.18 Å². The normalized spacial score (nSPS) is 15.0. The van der Waals surface area contributed by atoms with Crippen LogP contribution in [0.1, 0.15) is 10.4 Å². The van der Waals surface area contributed by atoms with Crippen LogP contribution in [0.4, 0.5) is 10.1 Å². The second-order valence-electron chi connectivity index (χ2n) is 5.27. The molecule has 1 saturated heterocycles. The van der Waals surface area contributed by atoms with E-state index in [-0.39, 0.29) is 11.7 Å². The molecule has 1 aliphatic heterocycles. The van der Waals surface area contributed by atoms with E-state index in [4.69, 9.17) is 11.6 Å². The summed E-state index contributed by atoms with van der Waals surface area (Å²) in [6.07, 6.45) is 0. The van der Waals surface area contributed by atoms with Gasteiger partial charge in [0.25, 0.3) is 5.91 Å². The average Bonchev–Trinajstić information content (AvgIpc) is 2.55. The number of carbonyl (C=O) groups excluding carboxylic acids is 1. The fourth-order valence-corrected chi connectivity index (χ4v) is 2.75. The number of piperazine rings is 1. The molecule has 0 unspecified atom stereocenters. The van der Waals surface area contributed by atoms with Crippen molar-refractivity contribution in [2.75, 3.05) is 31.1 Å². The minimum atomic E-state index is -0.384. The number of nitrogens with zero attached hydrogens (tertiary/aromatic N) is 2. The molecule has 1 amide bonds. The van der Waals surface area contributed by atoms with E-state index in [1.807, 2.05) is 24.3 Å². The SMILES string of the molecule is O=C(c1cccc(F)c1)N1CCN(c2ccc(Cl)cc2)CC1. The van der Waals surface area contributed by atoms with Crippen LogP contribution in [0, 0.1) is 5.82 Å². The highest BCUT2D eigenvalue weighted by molar-refractivity contribution is 6.30. The van der Waals surface area contributed by atoms with Crippen LogP contribution >= 0.6 is 11.6 Å². The lowest BCUT2D eigenvalue weighted by Gasteiger charge is -2.36. The molecule has 1 aliphatic rings. The molecule has 0 atom stereocenters. The van der Waals surface area contributed by atoms with Crippen LogP contribution in [-0.2, 0) is 0 Å². The Morgan fingerprint density at radius 3 is 2.32 bits per heavy atom. The minimum Gasteiger partial charge on any atom is -0.368 e. The number of halogens is 2. The van der Waals surface area contributed by atoms with E-state index in [0.717, 1.165) is 18.8 Å². The summed E-state index contributed by atoms with van der Waals surface area (Å²) in [6, 6.07) is 13.5. The molecule has 3 rings (SSSR count). The highest BCUT2D eigenvalue weighted by Gasteiger charge is 2.22. The predicted molar refractivity (Wildman–Crippen MR) is 86.0 cm³/mol. The Bertz CT molecular complexity index is 667. The number of rotatable bonds is 2. The molecule has 114 valence electrons. The highest BCUT2D eigenvalue weighted by atomic mass is 35.5. The van der Waals surface area contributed by atoms with Gasteiger partial charge in [-0.05, 0) is 42.5 Å². The quantitative estimate of drug-likeness (QED) is 0.847. The van der Waals surface area contributed by atoms with Crippen molar-refractivity contribution in [2.45, 2.75) is 0 Å². The lowest BCUT2D eigenvalue weighted by molar-refractivity contribution is 0.0746. The Morgan fingerprint density at radius 2 is 1.68 bits per heavy atom. The fourth-order valence-electron chi connectivity index (χ4n) is 2.62. The Hall–Kier alpha value is -2.07. The van der Waals surface area contributed by atoms with Crippen LogP contribution in [0.2, 0.25) is 5.02 Å². The maximum absolute atomic E-state index is 13.2. The van der Waals surface area contributed by atoms with Crippen LogP contribution < -0.4 is 4.90 Å². The maximum atomic E-state index is 13.2. The minimum absolute atomic E-state index is 0.116. The van der Waals surface area contributed by atoms with Crippen molar-refractivity contribution in [3.8, 4) is 0 Å². The smallest absolute Gasteiger partial charge is 0.254 e. The molecule has 0 radical (unpaired) electrons. The standard InChI is InChI=1S/C17H16ClFN2O/c18-14-4-6-16(7-5-14)20-8-10-21(11-9-20)17(22)13-2-1-3-15(19)12-13/h1-7,12H,8-11H2. The number of amides is 1. The first-order valence-electron chi connectivity index (χ1n) is 7.19. The molecule has 22 heavy (non-hydrogen) atoms. The van der Waals surface area contributed by atoms with E-state index in [2.05, 4.69) is 4.90 Å². The summed E-state index contributed by atoms with van der Waals surface area (Å²) in [6.45, 7) is 2.75. The Kier molecular flexibility index (Phi) is 4.29. The van der Waals surface area contributed by atoms with Gasteiger partial charge in [-0.3, -0.25) is 4.79 Å². The van der Waals surface area contributed by atoms with E-state index < -0.39 is 0 Å². The fraction of sp³-hybridized carbons (Fsp3) is 0.235.